The first-order valence-corrected chi connectivity index (χ1v) is 7.98. The second-order valence-corrected chi connectivity index (χ2v) is 6.14. The number of carbonyl (C=O) groups excluding carboxylic acids is 2. The maximum Gasteiger partial charge on any atom is 0.417 e. The maximum absolute atomic E-state index is 12.5. The number of nitrogens with zero attached hydrogens (tertiary/aromatic N) is 1. The number of imide groups is 1. The van der Waals surface area contributed by atoms with E-state index >= 15 is 0 Å². The first-order chi connectivity index (χ1) is 10.4. The molecule has 2 fully saturated rings. The lowest BCUT2D eigenvalue weighted by atomic mass is 10.1. The molecule has 1 saturated heterocycles. The molecule has 0 aromatic heterocycles. The summed E-state index contributed by atoms with van der Waals surface area (Å²) in [5.74, 6) is -0.594. The number of amides is 2. The van der Waals surface area contributed by atoms with Gasteiger partial charge in [-0.1, -0.05) is 18.2 Å². The van der Waals surface area contributed by atoms with Crippen LogP contribution in [0.25, 0.3) is 0 Å². The van der Waals surface area contributed by atoms with Crippen LogP contribution in [0.15, 0.2) is 30.3 Å². The Balaban J connectivity index is 1.89. The predicted molar refractivity (Wildman–Crippen MR) is 72.3 cm³/mol. The number of hydrogen-bond donors (Lipinski definition) is 1. The van der Waals surface area contributed by atoms with Crippen LogP contribution in [0.2, 0.25) is 0 Å². The minimum atomic E-state index is -4.68. The summed E-state index contributed by atoms with van der Waals surface area (Å²) < 4.78 is 40.3. The molecule has 2 amide bonds. The van der Waals surface area contributed by atoms with Gasteiger partial charge in [0.15, 0.2) is 0 Å². The molecule has 1 aliphatic heterocycles. The van der Waals surface area contributed by atoms with E-state index in [9.17, 15) is 18.0 Å². The normalized spacial score (nSPS) is 27.6. The number of benzene rings is 1. The van der Waals surface area contributed by atoms with Gasteiger partial charge in [-0.25, -0.2) is 13.9 Å². The monoisotopic (exact) mass is 327 g/mol. The van der Waals surface area contributed by atoms with Crippen molar-refractivity contribution < 1.29 is 31.5 Å². The average Bonchev–Trinajstić information content (AvgIpc) is 2.97. The topological polar surface area (TPSA) is 110 Å². The summed E-state index contributed by atoms with van der Waals surface area (Å²) in [4.78, 5) is 25.3. The van der Waals surface area contributed by atoms with Crippen molar-refractivity contribution in [1.82, 2.24) is 4.90 Å². The molecule has 1 aromatic rings. The molecular weight excluding hydrogens is 314 g/mol. The zero-order valence-corrected chi connectivity index (χ0v) is 12.1. The molecule has 118 valence electrons. The van der Waals surface area contributed by atoms with Gasteiger partial charge in [-0.05, 0) is 25.0 Å². The fourth-order valence-electron chi connectivity index (χ4n) is 2.88. The highest BCUT2D eigenvalue weighted by atomic mass is 32.3. The minimum Gasteiger partial charge on any atom is -0.443 e. The minimum absolute atomic E-state index is 0.251. The molecule has 1 heterocycles. The summed E-state index contributed by atoms with van der Waals surface area (Å²) in [7, 11) is -4.68. The molecule has 1 saturated carbocycles. The molecule has 0 unspecified atom stereocenters. The first-order valence-electron chi connectivity index (χ1n) is 6.62. The molecule has 0 spiro atoms. The Kier molecular flexibility index (Phi) is 3.63. The molecule has 1 aliphatic carbocycles. The van der Waals surface area contributed by atoms with Crippen LogP contribution in [0.3, 0.4) is 0 Å². The van der Waals surface area contributed by atoms with Gasteiger partial charge >= 0.3 is 16.5 Å². The van der Waals surface area contributed by atoms with E-state index in [-0.39, 0.29) is 12.0 Å². The van der Waals surface area contributed by atoms with Crippen molar-refractivity contribution in [2.45, 2.75) is 31.1 Å². The fraction of sp³-hybridized carbons (Fsp3) is 0.385. The summed E-state index contributed by atoms with van der Waals surface area (Å²) in [6, 6.07) is 7.22. The van der Waals surface area contributed by atoms with E-state index in [4.69, 9.17) is 9.29 Å². The largest absolute Gasteiger partial charge is 0.443 e. The van der Waals surface area contributed by atoms with Crippen LogP contribution in [0, 0.1) is 0 Å². The highest BCUT2D eigenvalue weighted by Crippen LogP contribution is 2.36. The van der Waals surface area contributed by atoms with Crippen LogP contribution < -0.4 is 0 Å². The fourth-order valence-corrected chi connectivity index (χ4v) is 3.40. The quantitative estimate of drug-likeness (QED) is 0.824. The zero-order valence-electron chi connectivity index (χ0n) is 11.3. The first kappa shape index (κ1) is 14.9. The van der Waals surface area contributed by atoms with Gasteiger partial charge < -0.3 is 4.74 Å². The third-order valence-corrected chi connectivity index (χ3v) is 4.22. The molecule has 0 radical (unpaired) electrons. The van der Waals surface area contributed by atoms with Crippen LogP contribution in [-0.4, -0.2) is 48.1 Å². The molecule has 22 heavy (non-hydrogen) atoms. The van der Waals surface area contributed by atoms with Crippen molar-refractivity contribution in [2.75, 3.05) is 0 Å². The molecule has 3 rings (SSSR count). The SMILES string of the molecule is O=C1O[C@@H]2CC[C@@H](OS(=O)(=O)O)[C@H]2N1C(=O)c1ccccc1. The Labute approximate surface area is 126 Å². The van der Waals surface area contributed by atoms with Gasteiger partial charge in [0, 0.05) is 5.56 Å². The predicted octanol–water partition coefficient (Wildman–Crippen LogP) is 0.998. The molecular formula is C13H13NO7S. The number of hydrogen-bond acceptors (Lipinski definition) is 6. The second-order valence-electron chi connectivity index (χ2n) is 5.09. The van der Waals surface area contributed by atoms with Crippen LogP contribution in [0.5, 0.6) is 0 Å². The van der Waals surface area contributed by atoms with E-state index in [2.05, 4.69) is 4.18 Å². The van der Waals surface area contributed by atoms with E-state index < -0.39 is 40.6 Å². The second kappa shape index (κ2) is 5.34. The van der Waals surface area contributed by atoms with Gasteiger partial charge in [-0.2, -0.15) is 8.42 Å². The van der Waals surface area contributed by atoms with Crippen molar-refractivity contribution in [3.05, 3.63) is 35.9 Å². The maximum atomic E-state index is 12.5. The number of fused-ring (bicyclic) bond motifs is 1. The van der Waals surface area contributed by atoms with Crippen LogP contribution in [0.4, 0.5) is 4.79 Å². The van der Waals surface area contributed by atoms with Gasteiger partial charge in [0.05, 0.1) is 0 Å². The van der Waals surface area contributed by atoms with Crippen molar-refractivity contribution >= 4 is 22.4 Å². The smallest absolute Gasteiger partial charge is 0.417 e. The molecule has 1 N–H and O–H groups in total. The van der Waals surface area contributed by atoms with Gasteiger partial charge in [-0.3, -0.25) is 9.35 Å². The van der Waals surface area contributed by atoms with E-state index in [1.807, 2.05) is 0 Å². The Morgan fingerprint density at radius 2 is 1.95 bits per heavy atom. The number of ether oxygens (including phenoxy) is 1. The molecule has 1 aromatic carbocycles. The van der Waals surface area contributed by atoms with Crippen molar-refractivity contribution in [3.63, 3.8) is 0 Å². The van der Waals surface area contributed by atoms with Crippen LogP contribution in [0.1, 0.15) is 23.2 Å². The Bertz CT molecular complexity index is 702. The summed E-state index contributed by atoms with van der Waals surface area (Å²) in [5.41, 5.74) is 0.276. The molecule has 8 nitrogen and oxygen atoms in total. The average molecular weight is 327 g/mol. The lowest BCUT2D eigenvalue weighted by Crippen LogP contribution is -2.46. The molecule has 3 atom stereocenters. The molecule has 2 aliphatic rings. The van der Waals surface area contributed by atoms with Gasteiger partial charge in [0.2, 0.25) is 0 Å². The van der Waals surface area contributed by atoms with E-state index in [0.717, 1.165) is 4.90 Å². The zero-order chi connectivity index (χ0) is 15.9. The standard InChI is InChI=1S/C13H13NO7S/c15-12(8-4-2-1-3-5-8)14-11-9(20-13(14)16)6-7-10(11)21-22(17,18)19/h1-5,9-11H,6-7H2,(H,17,18,19)/t9-,10-,11+/m1/s1. The summed E-state index contributed by atoms with van der Waals surface area (Å²) in [6.07, 6.45) is -1.88. The highest BCUT2D eigenvalue weighted by Gasteiger charge is 2.54. The Morgan fingerprint density at radius 1 is 1.27 bits per heavy atom. The van der Waals surface area contributed by atoms with E-state index in [0.29, 0.717) is 6.42 Å². The lowest BCUT2D eigenvalue weighted by Gasteiger charge is -2.23. The van der Waals surface area contributed by atoms with Crippen molar-refractivity contribution in [2.24, 2.45) is 0 Å². The number of rotatable bonds is 3. The Morgan fingerprint density at radius 3 is 2.59 bits per heavy atom. The molecule has 0 bridgehead atoms. The third-order valence-electron chi connectivity index (χ3n) is 3.73. The summed E-state index contributed by atoms with van der Waals surface area (Å²) >= 11 is 0. The van der Waals surface area contributed by atoms with Crippen molar-refractivity contribution in [1.29, 1.82) is 0 Å². The Hall–Kier alpha value is -1.97. The summed E-state index contributed by atoms with van der Waals surface area (Å²) in [5, 5.41) is 0. The lowest BCUT2D eigenvalue weighted by molar-refractivity contribution is 0.0655. The van der Waals surface area contributed by atoms with Gasteiger partial charge in [-0.15, -0.1) is 0 Å². The van der Waals surface area contributed by atoms with Crippen LogP contribution in [-0.2, 0) is 19.3 Å². The van der Waals surface area contributed by atoms with Gasteiger partial charge in [0.1, 0.15) is 18.2 Å². The van der Waals surface area contributed by atoms with Gasteiger partial charge in [0.25, 0.3) is 5.91 Å². The van der Waals surface area contributed by atoms with Crippen molar-refractivity contribution in [3.8, 4) is 0 Å². The highest BCUT2D eigenvalue weighted by molar-refractivity contribution is 7.80. The van der Waals surface area contributed by atoms with E-state index in [1.54, 1.807) is 18.2 Å². The third kappa shape index (κ3) is 2.70. The van der Waals surface area contributed by atoms with E-state index in [1.165, 1.54) is 12.1 Å². The molecule has 9 heteroatoms. The summed E-state index contributed by atoms with van der Waals surface area (Å²) in [6.45, 7) is 0. The van der Waals surface area contributed by atoms with Crippen LogP contribution >= 0.6 is 0 Å². The number of carbonyl (C=O) groups is 2.